The van der Waals surface area contributed by atoms with E-state index in [1.807, 2.05) is 0 Å². The molecule has 4 rings (SSSR count). The summed E-state index contributed by atoms with van der Waals surface area (Å²) in [4.78, 5) is 19.1. The second-order valence-electron chi connectivity index (χ2n) is 7.38. The van der Waals surface area contributed by atoms with Crippen molar-refractivity contribution in [3.63, 3.8) is 0 Å². The number of hydrogen-bond donors (Lipinski definition) is 1. The van der Waals surface area contributed by atoms with Crippen LogP contribution in [0.5, 0.6) is 17.9 Å². The number of aromatic nitrogens is 4. The van der Waals surface area contributed by atoms with Gasteiger partial charge in [-0.05, 0) is 18.8 Å². The highest BCUT2D eigenvalue weighted by Crippen LogP contribution is 2.52. The molecule has 2 fully saturated rings. The topological polar surface area (TPSA) is 103 Å². The van der Waals surface area contributed by atoms with Gasteiger partial charge in [-0.2, -0.15) is 4.98 Å². The Morgan fingerprint density at radius 3 is 2.43 bits per heavy atom. The Balaban J connectivity index is 1.52. The quantitative estimate of drug-likeness (QED) is 0.778. The summed E-state index contributed by atoms with van der Waals surface area (Å²) in [6.45, 7) is 2.45. The van der Waals surface area contributed by atoms with Crippen molar-refractivity contribution in [2.45, 2.75) is 25.0 Å². The van der Waals surface area contributed by atoms with Gasteiger partial charge in [-0.25, -0.2) is 15.0 Å². The lowest BCUT2D eigenvalue weighted by Gasteiger charge is -2.31. The molecule has 150 valence electrons. The summed E-state index contributed by atoms with van der Waals surface area (Å²) in [6, 6.07) is 0.592. The number of hydrogen-bond acceptors (Lipinski definition) is 9. The predicted octanol–water partition coefficient (Wildman–Crippen LogP) is 1.02. The first kappa shape index (κ1) is 18.8. The minimum Gasteiger partial charge on any atom is -0.481 e. The number of nitrogens with zero attached hydrogens (tertiary/aromatic N) is 5. The summed E-state index contributed by atoms with van der Waals surface area (Å²) >= 11 is 0. The Labute approximate surface area is 163 Å². The molecule has 9 nitrogen and oxygen atoms in total. The van der Waals surface area contributed by atoms with E-state index >= 15 is 0 Å². The zero-order chi connectivity index (χ0) is 19.7. The third kappa shape index (κ3) is 3.24. The van der Waals surface area contributed by atoms with E-state index in [0.717, 1.165) is 31.6 Å². The van der Waals surface area contributed by atoms with Gasteiger partial charge in [-0.15, -0.1) is 0 Å². The molecule has 1 aliphatic carbocycles. The van der Waals surface area contributed by atoms with E-state index in [9.17, 15) is 5.11 Å². The monoisotopic (exact) mass is 387 g/mol. The van der Waals surface area contributed by atoms with Crippen LogP contribution in [0.4, 0.5) is 0 Å². The van der Waals surface area contributed by atoms with Crippen molar-refractivity contribution in [3.8, 4) is 17.9 Å². The maximum atomic E-state index is 11.6. The molecular formula is C19H25N5O4. The third-order valence-electron chi connectivity index (χ3n) is 5.87. The van der Waals surface area contributed by atoms with Crippen LogP contribution in [0.3, 0.4) is 0 Å². The lowest BCUT2D eigenvalue weighted by Crippen LogP contribution is -2.35. The van der Waals surface area contributed by atoms with Crippen LogP contribution in [0.1, 0.15) is 24.0 Å². The van der Waals surface area contributed by atoms with E-state index < -0.39 is 5.60 Å². The molecule has 1 aliphatic heterocycles. The van der Waals surface area contributed by atoms with Gasteiger partial charge in [-0.1, -0.05) is 0 Å². The van der Waals surface area contributed by atoms with Gasteiger partial charge >= 0.3 is 12.0 Å². The Hall–Kier alpha value is -2.52. The van der Waals surface area contributed by atoms with E-state index in [2.05, 4.69) is 24.8 Å². The van der Waals surface area contributed by atoms with Crippen molar-refractivity contribution in [2.75, 3.05) is 34.4 Å². The number of aliphatic hydroxyl groups is 1. The van der Waals surface area contributed by atoms with Gasteiger partial charge in [-0.3, -0.25) is 4.90 Å². The van der Waals surface area contributed by atoms with Crippen LogP contribution >= 0.6 is 0 Å². The van der Waals surface area contributed by atoms with Crippen LogP contribution in [0.15, 0.2) is 18.6 Å². The zero-order valence-corrected chi connectivity index (χ0v) is 16.3. The number of likely N-dealkylation sites (tertiary alicyclic amines) is 1. The summed E-state index contributed by atoms with van der Waals surface area (Å²) in [7, 11) is 4.60. The smallest absolute Gasteiger partial charge is 0.319 e. The molecule has 1 saturated carbocycles. The van der Waals surface area contributed by atoms with E-state index in [4.69, 9.17) is 14.2 Å². The van der Waals surface area contributed by atoms with Gasteiger partial charge in [0.05, 0.1) is 26.9 Å². The molecule has 0 unspecified atom stereocenters. The number of methoxy groups -OCH3 is 3. The molecule has 3 atom stereocenters. The van der Waals surface area contributed by atoms with E-state index in [-0.39, 0.29) is 11.9 Å². The maximum Gasteiger partial charge on any atom is 0.319 e. The molecule has 0 spiro atoms. The number of rotatable bonds is 6. The molecular weight excluding hydrogens is 362 g/mol. The highest BCUT2D eigenvalue weighted by atomic mass is 16.5. The lowest BCUT2D eigenvalue weighted by molar-refractivity contribution is -0.00972. The van der Waals surface area contributed by atoms with Crippen LogP contribution in [0, 0.1) is 11.8 Å². The minimum absolute atomic E-state index is 0.0950. The van der Waals surface area contributed by atoms with Crippen LogP contribution < -0.4 is 14.2 Å². The number of fused-ring (bicyclic) bond motifs is 1. The van der Waals surface area contributed by atoms with E-state index in [0.29, 0.717) is 29.8 Å². The van der Waals surface area contributed by atoms with Crippen molar-refractivity contribution in [2.24, 2.45) is 11.8 Å². The van der Waals surface area contributed by atoms with Crippen LogP contribution in [0.25, 0.3) is 0 Å². The van der Waals surface area contributed by atoms with Crippen molar-refractivity contribution >= 4 is 0 Å². The Morgan fingerprint density at radius 1 is 1.04 bits per heavy atom. The molecule has 3 heterocycles. The Bertz CT molecular complexity index is 834. The highest BCUT2D eigenvalue weighted by Gasteiger charge is 2.53. The fourth-order valence-corrected chi connectivity index (χ4v) is 4.54. The molecule has 1 N–H and O–H groups in total. The lowest BCUT2D eigenvalue weighted by atomic mass is 9.83. The Morgan fingerprint density at radius 2 is 1.75 bits per heavy atom. The first-order valence-corrected chi connectivity index (χ1v) is 9.32. The first-order chi connectivity index (χ1) is 13.6. The fourth-order valence-electron chi connectivity index (χ4n) is 4.54. The van der Waals surface area contributed by atoms with Gasteiger partial charge in [0.2, 0.25) is 5.88 Å². The maximum absolute atomic E-state index is 11.6. The normalized spacial score (nSPS) is 26.9. The van der Waals surface area contributed by atoms with Gasteiger partial charge in [0.1, 0.15) is 5.60 Å². The summed E-state index contributed by atoms with van der Waals surface area (Å²) in [6.07, 6.45) is 6.83. The van der Waals surface area contributed by atoms with Crippen molar-refractivity contribution in [1.29, 1.82) is 0 Å². The standard InChI is InChI=1S/C19H25N5O4/c1-26-16-14(8-22-18(23-16)28-3)19(25)5-4-13-10-24(11-15(13)19)9-12-6-20-17(27-2)21-7-12/h6-8,13,15,25H,4-5,9-11H2,1-3H3/t13-,15+,19+/m0/s1. The Kier molecular flexibility index (Phi) is 5.03. The van der Waals surface area contributed by atoms with Gasteiger partial charge in [0, 0.05) is 49.7 Å². The molecule has 0 radical (unpaired) electrons. The second kappa shape index (κ2) is 7.48. The second-order valence-corrected chi connectivity index (χ2v) is 7.38. The molecule has 2 aromatic heterocycles. The minimum atomic E-state index is -1.01. The number of ether oxygens (including phenoxy) is 3. The fraction of sp³-hybridized carbons (Fsp3) is 0.579. The summed E-state index contributed by atoms with van der Waals surface area (Å²) in [5, 5.41) is 11.6. The SMILES string of the molecule is COc1ncc(CN2C[C@@H]3CC[C@@](O)(c4cnc(OC)nc4OC)[C@@H]3C2)cn1. The average molecular weight is 387 g/mol. The molecule has 2 aromatic rings. The average Bonchev–Trinajstić information content (AvgIpc) is 3.28. The molecule has 0 amide bonds. The van der Waals surface area contributed by atoms with Crippen LogP contribution in [-0.2, 0) is 12.1 Å². The van der Waals surface area contributed by atoms with Crippen molar-refractivity contribution < 1.29 is 19.3 Å². The third-order valence-corrected chi connectivity index (χ3v) is 5.87. The van der Waals surface area contributed by atoms with Crippen molar-refractivity contribution in [1.82, 2.24) is 24.8 Å². The zero-order valence-electron chi connectivity index (χ0n) is 16.3. The van der Waals surface area contributed by atoms with Gasteiger partial charge in [0.25, 0.3) is 0 Å². The van der Waals surface area contributed by atoms with Gasteiger partial charge in [0.15, 0.2) is 0 Å². The summed E-state index contributed by atoms with van der Waals surface area (Å²) in [5.41, 5.74) is 0.653. The first-order valence-electron chi connectivity index (χ1n) is 9.32. The predicted molar refractivity (Wildman–Crippen MR) is 99.1 cm³/mol. The van der Waals surface area contributed by atoms with Crippen LogP contribution in [-0.4, -0.2) is 64.4 Å². The molecule has 1 saturated heterocycles. The summed E-state index contributed by atoms with van der Waals surface area (Å²) < 4.78 is 15.5. The van der Waals surface area contributed by atoms with E-state index in [1.165, 1.54) is 7.11 Å². The van der Waals surface area contributed by atoms with Crippen LogP contribution in [0.2, 0.25) is 0 Å². The molecule has 0 bridgehead atoms. The van der Waals surface area contributed by atoms with Gasteiger partial charge < -0.3 is 19.3 Å². The molecule has 0 aromatic carbocycles. The largest absolute Gasteiger partial charge is 0.481 e. The summed E-state index contributed by atoms with van der Waals surface area (Å²) in [5.74, 6) is 0.880. The molecule has 2 aliphatic rings. The van der Waals surface area contributed by atoms with E-state index in [1.54, 1.807) is 32.8 Å². The highest BCUT2D eigenvalue weighted by molar-refractivity contribution is 5.34. The molecule has 9 heteroatoms. The molecule has 28 heavy (non-hydrogen) atoms. The van der Waals surface area contributed by atoms with Crippen molar-refractivity contribution in [3.05, 3.63) is 29.7 Å².